The first-order valence-corrected chi connectivity index (χ1v) is 5.08. The number of para-hydroxylation sites is 1. The molecule has 1 aliphatic rings. The lowest BCUT2D eigenvalue weighted by Crippen LogP contribution is -2.36. The molecule has 1 aromatic carbocycles. The second kappa shape index (κ2) is 3.21. The van der Waals surface area contributed by atoms with Crippen LogP contribution in [0, 0.1) is 0 Å². The Bertz CT molecular complexity index is 515. The van der Waals surface area contributed by atoms with Gasteiger partial charge in [-0.3, -0.25) is 4.79 Å². The van der Waals surface area contributed by atoms with Crippen molar-refractivity contribution in [3.05, 3.63) is 35.5 Å². The Morgan fingerprint density at radius 2 is 2.20 bits per heavy atom. The van der Waals surface area contributed by atoms with Crippen LogP contribution in [0.4, 0.5) is 0 Å². The van der Waals surface area contributed by atoms with Gasteiger partial charge in [0.05, 0.1) is 6.04 Å². The van der Waals surface area contributed by atoms with Crippen LogP contribution in [0.5, 0.6) is 0 Å². The van der Waals surface area contributed by atoms with Gasteiger partial charge in [-0.1, -0.05) is 18.2 Å². The van der Waals surface area contributed by atoms with Gasteiger partial charge >= 0.3 is 0 Å². The molecule has 0 unspecified atom stereocenters. The summed E-state index contributed by atoms with van der Waals surface area (Å²) in [5.74, 6) is 0. The third kappa shape index (κ3) is 1.27. The molecule has 2 N–H and O–H groups in total. The summed E-state index contributed by atoms with van der Waals surface area (Å²) in [6.07, 6.45) is 2.76. The van der Waals surface area contributed by atoms with Gasteiger partial charge < -0.3 is 10.3 Å². The van der Waals surface area contributed by atoms with Crippen molar-refractivity contribution >= 4 is 17.2 Å². The van der Waals surface area contributed by atoms with Gasteiger partial charge in [0.25, 0.3) is 0 Å². The van der Waals surface area contributed by atoms with E-state index < -0.39 is 0 Å². The summed E-state index contributed by atoms with van der Waals surface area (Å²) in [6.45, 7) is 0.726. The van der Waals surface area contributed by atoms with E-state index in [1.165, 1.54) is 16.6 Å². The minimum atomic E-state index is -0.156. The number of hydrogen-bond acceptors (Lipinski definition) is 2. The monoisotopic (exact) mass is 199 g/mol. The number of hydrogen-bond donors (Lipinski definition) is 2. The average Bonchev–Trinajstić information content (AvgIpc) is 2.66. The van der Waals surface area contributed by atoms with Crippen LogP contribution in [-0.2, 0) is 17.8 Å². The summed E-state index contributed by atoms with van der Waals surface area (Å²) in [5, 5.41) is 4.36. The first-order chi connectivity index (χ1) is 7.38. The number of aromatic amines is 1. The van der Waals surface area contributed by atoms with E-state index in [1.54, 1.807) is 0 Å². The van der Waals surface area contributed by atoms with Crippen LogP contribution in [0.3, 0.4) is 0 Å². The lowest BCUT2D eigenvalue weighted by atomic mass is 9.99. The van der Waals surface area contributed by atoms with Crippen molar-refractivity contribution in [2.24, 2.45) is 0 Å². The van der Waals surface area contributed by atoms with Gasteiger partial charge in [0, 0.05) is 23.1 Å². The molecule has 1 atom stereocenters. The SMILES string of the molecule is O=[C][C@@H]1Cc2c([nH]c3ccccc23)CN1. The fraction of sp³-hybridized carbons (Fsp3) is 0.250. The quantitative estimate of drug-likeness (QED) is 0.727. The molecule has 3 rings (SSSR count). The molecule has 15 heavy (non-hydrogen) atoms. The smallest absolute Gasteiger partial charge is 0.217 e. The molecule has 0 saturated carbocycles. The number of rotatable bonds is 1. The van der Waals surface area contributed by atoms with Gasteiger partial charge in [-0.05, 0) is 18.1 Å². The van der Waals surface area contributed by atoms with Crippen molar-refractivity contribution in [3.8, 4) is 0 Å². The summed E-state index contributed by atoms with van der Waals surface area (Å²) >= 11 is 0. The van der Waals surface area contributed by atoms with Crippen LogP contribution in [0.1, 0.15) is 11.3 Å². The van der Waals surface area contributed by atoms with Crippen molar-refractivity contribution in [3.63, 3.8) is 0 Å². The van der Waals surface area contributed by atoms with Gasteiger partial charge in [-0.2, -0.15) is 0 Å². The molecule has 0 bridgehead atoms. The van der Waals surface area contributed by atoms with Crippen molar-refractivity contribution in [1.82, 2.24) is 10.3 Å². The van der Waals surface area contributed by atoms with Crippen LogP contribution in [0.15, 0.2) is 24.3 Å². The minimum absolute atomic E-state index is 0.156. The molecule has 3 nitrogen and oxygen atoms in total. The topological polar surface area (TPSA) is 44.9 Å². The first kappa shape index (κ1) is 8.68. The number of carbonyl (C=O) groups excluding carboxylic acids is 1. The second-order valence-electron chi connectivity index (χ2n) is 3.88. The number of benzene rings is 1. The molecule has 2 aromatic rings. The Balaban J connectivity index is 2.18. The van der Waals surface area contributed by atoms with Gasteiger partial charge in [0.1, 0.15) is 0 Å². The fourth-order valence-corrected chi connectivity index (χ4v) is 2.22. The van der Waals surface area contributed by atoms with Crippen LogP contribution in [0.25, 0.3) is 10.9 Å². The molecular weight excluding hydrogens is 188 g/mol. The van der Waals surface area contributed by atoms with Gasteiger partial charge in [0.2, 0.25) is 6.29 Å². The molecule has 0 spiro atoms. The Hall–Kier alpha value is -1.61. The predicted molar refractivity (Wildman–Crippen MR) is 58.3 cm³/mol. The van der Waals surface area contributed by atoms with Gasteiger partial charge in [0.15, 0.2) is 0 Å². The van der Waals surface area contributed by atoms with E-state index >= 15 is 0 Å². The maximum Gasteiger partial charge on any atom is 0.217 e. The van der Waals surface area contributed by atoms with E-state index in [4.69, 9.17) is 0 Å². The van der Waals surface area contributed by atoms with Gasteiger partial charge in [-0.15, -0.1) is 0 Å². The van der Waals surface area contributed by atoms with Crippen LogP contribution in [-0.4, -0.2) is 17.3 Å². The molecule has 0 amide bonds. The van der Waals surface area contributed by atoms with Crippen LogP contribution in [0.2, 0.25) is 0 Å². The molecule has 1 radical (unpaired) electrons. The highest BCUT2D eigenvalue weighted by atomic mass is 16.1. The highest BCUT2D eigenvalue weighted by Gasteiger charge is 2.21. The van der Waals surface area contributed by atoms with Crippen molar-refractivity contribution in [2.45, 2.75) is 19.0 Å². The van der Waals surface area contributed by atoms with E-state index in [2.05, 4.69) is 22.4 Å². The highest BCUT2D eigenvalue weighted by molar-refractivity contribution is 5.85. The summed E-state index contributed by atoms with van der Waals surface area (Å²) in [7, 11) is 0. The van der Waals surface area contributed by atoms with Crippen molar-refractivity contribution in [2.75, 3.05) is 0 Å². The Labute approximate surface area is 87.5 Å². The highest BCUT2D eigenvalue weighted by Crippen LogP contribution is 2.25. The molecule has 0 saturated heterocycles. The fourth-order valence-electron chi connectivity index (χ4n) is 2.22. The molecule has 0 fully saturated rings. The largest absolute Gasteiger partial charge is 0.357 e. The maximum absolute atomic E-state index is 10.6. The Kier molecular flexibility index (Phi) is 1.86. The average molecular weight is 199 g/mol. The zero-order chi connectivity index (χ0) is 10.3. The van der Waals surface area contributed by atoms with Crippen molar-refractivity contribution < 1.29 is 4.79 Å². The van der Waals surface area contributed by atoms with Crippen LogP contribution < -0.4 is 5.32 Å². The van der Waals surface area contributed by atoms with E-state index in [1.807, 2.05) is 18.4 Å². The normalized spacial score (nSPS) is 20.1. The Morgan fingerprint density at radius 1 is 1.33 bits per heavy atom. The summed E-state index contributed by atoms with van der Waals surface area (Å²) in [5.41, 5.74) is 3.61. The zero-order valence-electron chi connectivity index (χ0n) is 8.21. The molecule has 0 aliphatic carbocycles. The number of nitrogens with one attached hydrogen (secondary N) is 2. The predicted octanol–water partition coefficient (Wildman–Crippen LogP) is 1.29. The number of fused-ring (bicyclic) bond motifs is 3. The molecule has 75 valence electrons. The second-order valence-corrected chi connectivity index (χ2v) is 3.88. The van der Waals surface area contributed by atoms with E-state index in [9.17, 15) is 4.79 Å². The first-order valence-electron chi connectivity index (χ1n) is 5.08. The van der Waals surface area contributed by atoms with E-state index in [-0.39, 0.29) is 6.04 Å². The summed E-state index contributed by atoms with van der Waals surface area (Å²) < 4.78 is 0. The van der Waals surface area contributed by atoms with Crippen molar-refractivity contribution in [1.29, 1.82) is 0 Å². The molecule has 1 aliphatic heterocycles. The number of aromatic nitrogens is 1. The molecular formula is C12H11N2O. The maximum atomic E-state index is 10.6. The lowest BCUT2D eigenvalue weighted by Gasteiger charge is -2.18. The molecule has 3 heteroatoms. The third-order valence-corrected chi connectivity index (χ3v) is 2.98. The van der Waals surface area contributed by atoms with E-state index in [0.29, 0.717) is 0 Å². The standard InChI is InChI=1S/C12H11N2O/c15-7-8-5-10-9-3-1-2-4-11(9)14-12(10)6-13-8/h1-4,8,13-14H,5-6H2/t8-/m0/s1. The Morgan fingerprint density at radius 3 is 3.07 bits per heavy atom. The number of H-pyrrole nitrogens is 1. The lowest BCUT2D eigenvalue weighted by molar-refractivity contribution is 0.499. The summed E-state index contributed by atoms with van der Waals surface area (Å²) in [4.78, 5) is 14.0. The summed E-state index contributed by atoms with van der Waals surface area (Å²) in [6, 6.07) is 8.04. The van der Waals surface area contributed by atoms with E-state index in [0.717, 1.165) is 18.5 Å². The zero-order valence-corrected chi connectivity index (χ0v) is 8.21. The molecule has 2 heterocycles. The molecule has 1 aromatic heterocycles. The van der Waals surface area contributed by atoms with Crippen LogP contribution >= 0.6 is 0 Å². The minimum Gasteiger partial charge on any atom is -0.357 e. The van der Waals surface area contributed by atoms with Gasteiger partial charge in [-0.25, -0.2) is 0 Å². The third-order valence-electron chi connectivity index (χ3n) is 2.98.